The van der Waals surface area contributed by atoms with Crippen molar-refractivity contribution >= 4 is 18.4 Å². The molecule has 0 bridgehead atoms. The second-order valence-corrected chi connectivity index (χ2v) is 8.27. The summed E-state index contributed by atoms with van der Waals surface area (Å²) >= 11 is 0. The zero-order valence-corrected chi connectivity index (χ0v) is 18.4. The van der Waals surface area contributed by atoms with Crippen LogP contribution in [0.1, 0.15) is 42.6 Å². The van der Waals surface area contributed by atoms with E-state index in [1.54, 1.807) is 12.1 Å². The number of hydrogen-bond donors (Lipinski definition) is 0. The van der Waals surface area contributed by atoms with Gasteiger partial charge in [0.15, 0.2) is 0 Å². The monoisotopic (exact) mass is 435 g/mol. The third kappa shape index (κ3) is 3.98. The summed E-state index contributed by atoms with van der Waals surface area (Å²) < 4.78 is 8.30. The SMILES string of the molecule is Cl.Cn1c(N2CCC(Oc3ccc(C#N)cc3)CC2)nnc1C1(c2ccccc2)CC1. The van der Waals surface area contributed by atoms with Gasteiger partial charge in [0.2, 0.25) is 5.95 Å². The lowest BCUT2D eigenvalue weighted by atomic mass is 9.95. The van der Waals surface area contributed by atoms with Crippen molar-refractivity contribution in [1.29, 1.82) is 5.26 Å². The number of nitrogens with zero attached hydrogens (tertiary/aromatic N) is 5. The molecule has 2 aliphatic rings. The van der Waals surface area contributed by atoms with Crippen molar-refractivity contribution in [2.75, 3.05) is 18.0 Å². The molecule has 1 saturated heterocycles. The molecule has 31 heavy (non-hydrogen) atoms. The van der Waals surface area contributed by atoms with Gasteiger partial charge in [-0.2, -0.15) is 5.26 Å². The number of benzene rings is 2. The Balaban J connectivity index is 0.00000231. The number of hydrogen-bond acceptors (Lipinski definition) is 5. The first kappa shape index (κ1) is 21.2. The fourth-order valence-corrected chi connectivity index (χ4v) is 4.51. The molecule has 0 amide bonds. The summed E-state index contributed by atoms with van der Waals surface area (Å²) in [5.74, 6) is 2.84. The van der Waals surface area contributed by atoms with Gasteiger partial charge < -0.3 is 9.64 Å². The lowest BCUT2D eigenvalue weighted by Crippen LogP contribution is -2.39. The predicted octanol–water partition coefficient (Wildman–Crippen LogP) is 4.24. The van der Waals surface area contributed by atoms with Gasteiger partial charge in [0.1, 0.15) is 17.7 Å². The van der Waals surface area contributed by atoms with Gasteiger partial charge in [0.25, 0.3) is 0 Å². The molecule has 7 heteroatoms. The van der Waals surface area contributed by atoms with Gasteiger partial charge in [-0.25, -0.2) is 0 Å². The van der Waals surface area contributed by atoms with Gasteiger partial charge in [0, 0.05) is 33.0 Å². The number of rotatable bonds is 5. The number of nitriles is 1. The van der Waals surface area contributed by atoms with Crippen LogP contribution in [0.25, 0.3) is 0 Å². The van der Waals surface area contributed by atoms with Gasteiger partial charge in [-0.1, -0.05) is 30.3 Å². The number of anilines is 1. The predicted molar refractivity (Wildman–Crippen MR) is 122 cm³/mol. The van der Waals surface area contributed by atoms with Crippen LogP contribution in [0.5, 0.6) is 5.75 Å². The molecule has 1 aliphatic carbocycles. The molecule has 0 radical (unpaired) electrons. The van der Waals surface area contributed by atoms with E-state index < -0.39 is 0 Å². The average Bonchev–Trinajstić information content (AvgIpc) is 3.52. The molecule has 0 atom stereocenters. The molecule has 5 rings (SSSR count). The van der Waals surface area contributed by atoms with Crippen molar-refractivity contribution in [3.8, 4) is 11.8 Å². The van der Waals surface area contributed by atoms with Crippen LogP contribution in [0.15, 0.2) is 54.6 Å². The normalized spacial score (nSPS) is 17.5. The average molecular weight is 436 g/mol. The molecule has 2 aromatic carbocycles. The van der Waals surface area contributed by atoms with E-state index in [9.17, 15) is 0 Å². The first-order valence-corrected chi connectivity index (χ1v) is 10.6. The molecule has 3 aromatic rings. The zero-order valence-electron chi connectivity index (χ0n) is 17.6. The number of aromatic nitrogens is 3. The van der Waals surface area contributed by atoms with Crippen LogP contribution in [-0.2, 0) is 12.5 Å². The standard InChI is InChI=1S/C24H25N5O.ClH/c1-28-22(24(13-14-24)19-5-3-2-4-6-19)26-27-23(28)29-15-11-21(12-16-29)30-20-9-7-18(17-25)8-10-20;/h2-10,21H,11-16H2,1H3;1H. The minimum absolute atomic E-state index is 0. The van der Waals surface area contributed by atoms with Gasteiger partial charge in [0.05, 0.1) is 17.0 Å². The first-order chi connectivity index (χ1) is 14.7. The Morgan fingerprint density at radius 2 is 1.68 bits per heavy atom. The van der Waals surface area contributed by atoms with Crippen molar-refractivity contribution in [2.24, 2.45) is 7.05 Å². The Morgan fingerprint density at radius 1 is 1.00 bits per heavy atom. The van der Waals surface area contributed by atoms with Crippen LogP contribution < -0.4 is 9.64 Å². The van der Waals surface area contributed by atoms with Gasteiger partial charge in [-0.3, -0.25) is 4.57 Å². The summed E-state index contributed by atoms with van der Waals surface area (Å²) in [7, 11) is 2.09. The van der Waals surface area contributed by atoms with Crippen molar-refractivity contribution in [3.63, 3.8) is 0 Å². The van der Waals surface area contributed by atoms with E-state index >= 15 is 0 Å². The molecule has 0 spiro atoms. The highest BCUT2D eigenvalue weighted by atomic mass is 35.5. The quantitative estimate of drug-likeness (QED) is 0.599. The van der Waals surface area contributed by atoms with Gasteiger partial charge >= 0.3 is 0 Å². The highest BCUT2D eigenvalue weighted by Crippen LogP contribution is 2.52. The van der Waals surface area contributed by atoms with Crippen LogP contribution >= 0.6 is 12.4 Å². The van der Waals surface area contributed by atoms with Crippen LogP contribution in [0.3, 0.4) is 0 Å². The second-order valence-electron chi connectivity index (χ2n) is 8.27. The number of piperidine rings is 1. The minimum Gasteiger partial charge on any atom is -0.490 e. The Kier molecular flexibility index (Phi) is 5.88. The molecule has 160 valence electrons. The van der Waals surface area contributed by atoms with E-state index in [1.807, 2.05) is 12.1 Å². The number of halogens is 1. The third-order valence-corrected chi connectivity index (χ3v) is 6.37. The van der Waals surface area contributed by atoms with Crippen molar-refractivity contribution in [1.82, 2.24) is 14.8 Å². The Bertz CT molecular complexity index is 1060. The molecule has 1 aliphatic heterocycles. The van der Waals surface area contributed by atoms with E-state index in [4.69, 9.17) is 10.00 Å². The molecule has 6 nitrogen and oxygen atoms in total. The third-order valence-electron chi connectivity index (χ3n) is 6.37. The summed E-state index contributed by atoms with van der Waals surface area (Å²) in [5, 5.41) is 18.1. The number of ether oxygens (including phenoxy) is 1. The Hall–Kier alpha value is -3.04. The zero-order chi connectivity index (χ0) is 20.6. The van der Waals surface area contributed by atoms with E-state index in [0.29, 0.717) is 5.56 Å². The summed E-state index contributed by atoms with van der Waals surface area (Å²) in [5.41, 5.74) is 2.01. The summed E-state index contributed by atoms with van der Waals surface area (Å²) in [4.78, 5) is 2.32. The van der Waals surface area contributed by atoms with Gasteiger partial charge in [-0.05, 0) is 42.7 Å². The van der Waals surface area contributed by atoms with E-state index in [-0.39, 0.29) is 23.9 Å². The molecule has 0 N–H and O–H groups in total. The smallest absolute Gasteiger partial charge is 0.226 e. The fourth-order valence-electron chi connectivity index (χ4n) is 4.51. The van der Waals surface area contributed by atoms with Crippen LogP contribution in [0.2, 0.25) is 0 Å². The summed E-state index contributed by atoms with van der Waals surface area (Å²) in [6, 6.07) is 20.1. The molecular formula is C24H26ClN5O. The Morgan fingerprint density at radius 3 is 2.29 bits per heavy atom. The van der Waals surface area contributed by atoms with Crippen molar-refractivity contribution < 1.29 is 4.74 Å². The molecular weight excluding hydrogens is 410 g/mol. The summed E-state index contributed by atoms with van der Waals surface area (Å²) in [6.07, 6.45) is 4.31. The van der Waals surface area contributed by atoms with E-state index in [2.05, 4.69) is 63.1 Å². The van der Waals surface area contributed by atoms with Crippen LogP contribution in [-0.4, -0.2) is 34.0 Å². The minimum atomic E-state index is 0. The van der Waals surface area contributed by atoms with Crippen molar-refractivity contribution in [3.05, 3.63) is 71.5 Å². The molecule has 2 heterocycles. The molecule has 1 saturated carbocycles. The molecule has 1 aromatic heterocycles. The lowest BCUT2D eigenvalue weighted by Gasteiger charge is -2.32. The lowest BCUT2D eigenvalue weighted by molar-refractivity contribution is 0.170. The highest BCUT2D eigenvalue weighted by molar-refractivity contribution is 5.85. The molecule has 0 unspecified atom stereocenters. The van der Waals surface area contributed by atoms with Crippen LogP contribution in [0.4, 0.5) is 5.95 Å². The van der Waals surface area contributed by atoms with Crippen LogP contribution in [0, 0.1) is 11.3 Å². The maximum Gasteiger partial charge on any atom is 0.226 e. The maximum atomic E-state index is 8.92. The topological polar surface area (TPSA) is 67.0 Å². The largest absolute Gasteiger partial charge is 0.490 e. The first-order valence-electron chi connectivity index (χ1n) is 10.6. The van der Waals surface area contributed by atoms with Crippen molar-refractivity contribution in [2.45, 2.75) is 37.2 Å². The van der Waals surface area contributed by atoms with Gasteiger partial charge in [-0.15, -0.1) is 22.6 Å². The fraction of sp³-hybridized carbons (Fsp3) is 0.375. The Labute approximate surface area is 188 Å². The molecule has 2 fully saturated rings. The van der Waals surface area contributed by atoms with E-state index in [1.165, 1.54) is 5.56 Å². The second kappa shape index (κ2) is 8.60. The summed E-state index contributed by atoms with van der Waals surface area (Å²) in [6.45, 7) is 1.79. The highest BCUT2D eigenvalue weighted by Gasteiger charge is 2.50. The van der Waals surface area contributed by atoms with E-state index in [0.717, 1.165) is 56.3 Å². The maximum absolute atomic E-state index is 8.92.